The van der Waals surface area contributed by atoms with E-state index in [0.29, 0.717) is 23.0 Å². The van der Waals surface area contributed by atoms with Crippen molar-refractivity contribution in [2.45, 2.75) is 43.2 Å². The van der Waals surface area contributed by atoms with Gasteiger partial charge in [0.2, 0.25) is 10.0 Å². The second kappa shape index (κ2) is 9.18. The number of amides is 1. The monoisotopic (exact) mass is 455 g/mol. The van der Waals surface area contributed by atoms with Gasteiger partial charge in [0.25, 0.3) is 0 Å². The standard InChI is InChI=1S/C23H25N3O5S/c24-15-16-5-7-18(8-6-16)30-19-9-11-20(12-10-19)32(28,29)26-14-13-17-3-1-2-4-21(17)22(26)31-23(25)27/h5-12,17,21-22H,1-4,13-14H2,(H2,25,27). The number of carbonyl (C=O) groups excluding carboxylic acids is 1. The molecular weight excluding hydrogens is 430 g/mol. The van der Waals surface area contributed by atoms with Gasteiger partial charge in [-0.1, -0.05) is 12.8 Å². The highest BCUT2D eigenvalue weighted by molar-refractivity contribution is 7.89. The topological polar surface area (TPSA) is 123 Å². The number of carbonyl (C=O) groups is 1. The molecule has 1 saturated carbocycles. The van der Waals surface area contributed by atoms with Crippen LogP contribution < -0.4 is 10.5 Å². The molecule has 1 heterocycles. The van der Waals surface area contributed by atoms with Gasteiger partial charge in [-0.2, -0.15) is 9.57 Å². The minimum atomic E-state index is -3.90. The smallest absolute Gasteiger partial charge is 0.406 e. The predicted molar refractivity (Wildman–Crippen MR) is 116 cm³/mol. The van der Waals surface area contributed by atoms with Crippen molar-refractivity contribution >= 4 is 16.1 Å². The Balaban J connectivity index is 1.54. The lowest BCUT2D eigenvalue weighted by Gasteiger charge is -2.45. The van der Waals surface area contributed by atoms with Gasteiger partial charge in [-0.3, -0.25) is 0 Å². The Bertz CT molecular complexity index is 1110. The molecule has 0 spiro atoms. The fourth-order valence-electron chi connectivity index (χ4n) is 4.67. The Morgan fingerprint density at radius 2 is 1.62 bits per heavy atom. The van der Waals surface area contributed by atoms with Crippen molar-refractivity contribution in [1.29, 1.82) is 5.26 Å². The van der Waals surface area contributed by atoms with E-state index in [4.69, 9.17) is 20.5 Å². The number of fused-ring (bicyclic) bond motifs is 1. The highest BCUT2D eigenvalue weighted by Gasteiger charge is 2.46. The average molecular weight is 456 g/mol. The summed E-state index contributed by atoms with van der Waals surface area (Å²) in [6, 6.07) is 14.8. The summed E-state index contributed by atoms with van der Waals surface area (Å²) in [5.74, 6) is 1.29. The van der Waals surface area contributed by atoms with E-state index in [-0.39, 0.29) is 17.4 Å². The third-order valence-corrected chi connectivity index (χ3v) is 8.10. The predicted octanol–water partition coefficient (Wildman–Crippen LogP) is 3.97. The van der Waals surface area contributed by atoms with Crippen LogP contribution in [0.2, 0.25) is 0 Å². The van der Waals surface area contributed by atoms with Crippen molar-refractivity contribution in [3.63, 3.8) is 0 Å². The summed E-state index contributed by atoms with van der Waals surface area (Å²) in [6.45, 7) is 0.283. The van der Waals surface area contributed by atoms with Gasteiger partial charge in [0, 0.05) is 12.5 Å². The summed E-state index contributed by atoms with van der Waals surface area (Å²) in [5.41, 5.74) is 5.81. The van der Waals surface area contributed by atoms with Crippen molar-refractivity contribution < 1.29 is 22.7 Å². The van der Waals surface area contributed by atoms with Gasteiger partial charge in [-0.25, -0.2) is 13.2 Å². The van der Waals surface area contributed by atoms with Crippen LogP contribution in [0, 0.1) is 23.2 Å². The van der Waals surface area contributed by atoms with Crippen LogP contribution in [0.25, 0.3) is 0 Å². The molecule has 2 fully saturated rings. The van der Waals surface area contributed by atoms with E-state index in [1.54, 1.807) is 36.4 Å². The number of hydrogen-bond donors (Lipinski definition) is 1. The molecule has 1 amide bonds. The number of piperidine rings is 1. The van der Waals surface area contributed by atoms with Crippen molar-refractivity contribution in [2.75, 3.05) is 6.54 Å². The van der Waals surface area contributed by atoms with E-state index in [1.165, 1.54) is 16.4 Å². The van der Waals surface area contributed by atoms with Crippen LogP contribution in [0.3, 0.4) is 0 Å². The molecule has 1 aliphatic carbocycles. The molecule has 0 aromatic heterocycles. The minimum Gasteiger partial charge on any atom is -0.457 e. The van der Waals surface area contributed by atoms with Gasteiger partial charge >= 0.3 is 6.09 Å². The number of nitrogens with zero attached hydrogens (tertiary/aromatic N) is 2. The van der Waals surface area contributed by atoms with Gasteiger partial charge in [0.1, 0.15) is 11.5 Å². The Morgan fingerprint density at radius 1 is 1.00 bits per heavy atom. The van der Waals surface area contributed by atoms with Crippen molar-refractivity contribution in [1.82, 2.24) is 4.31 Å². The summed E-state index contributed by atoms with van der Waals surface area (Å²) >= 11 is 0. The lowest BCUT2D eigenvalue weighted by Crippen LogP contribution is -2.54. The molecule has 168 valence electrons. The molecule has 3 atom stereocenters. The molecular formula is C23H25N3O5S. The number of nitrogens with two attached hydrogens (primary N) is 1. The largest absolute Gasteiger partial charge is 0.457 e. The molecule has 2 aromatic rings. The molecule has 2 N–H and O–H groups in total. The van der Waals surface area contributed by atoms with Crippen LogP contribution in [-0.2, 0) is 14.8 Å². The number of primary amides is 1. The van der Waals surface area contributed by atoms with E-state index in [9.17, 15) is 13.2 Å². The first-order chi connectivity index (χ1) is 15.4. The minimum absolute atomic E-state index is 0.0428. The van der Waals surface area contributed by atoms with Crippen LogP contribution in [0.1, 0.15) is 37.7 Å². The van der Waals surface area contributed by atoms with Crippen LogP contribution in [0.15, 0.2) is 53.4 Å². The van der Waals surface area contributed by atoms with Gasteiger partial charge in [-0.15, -0.1) is 0 Å². The maximum absolute atomic E-state index is 13.4. The van der Waals surface area contributed by atoms with E-state index >= 15 is 0 Å². The molecule has 3 unspecified atom stereocenters. The van der Waals surface area contributed by atoms with Crippen LogP contribution in [-0.4, -0.2) is 31.6 Å². The zero-order valence-corrected chi connectivity index (χ0v) is 18.3. The molecule has 32 heavy (non-hydrogen) atoms. The molecule has 1 aliphatic heterocycles. The molecule has 9 heteroatoms. The van der Waals surface area contributed by atoms with Crippen molar-refractivity contribution in [2.24, 2.45) is 17.6 Å². The van der Waals surface area contributed by atoms with E-state index in [2.05, 4.69) is 0 Å². The molecule has 4 rings (SSSR count). The molecule has 0 bridgehead atoms. The Labute approximate surface area is 187 Å². The first-order valence-corrected chi connectivity index (χ1v) is 12.1. The molecule has 2 aromatic carbocycles. The Morgan fingerprint density at radius 3 is 2.25 bits per heavy atom. The Kier molecular flexibility index (Phi) is 6.35. The fourth-order valence-corrected chi connectivity index (χ4v) is 6.24. The number of sulfonamides is 1. The number of hydrogen-bond acceptors (Lipinski definition) is 6. The summed E-state index contributed by atoms with van der Waals surface area (Å²) in [4.78, 5) is 11.6. The van der Waals surface area contributed by atoms with Crippen LogP contribution in [0.5, 0.6) is 11.5 Å². The third-order valence-electron chi connectivity index (χ3n) is 6.22. The van der Waals surface area contributed by atoms with E-state index in [0.717, 1.165) is 32.1 Å². The quantitative estimate of drug-likeness (QED) is 0.728. The first kappa shape index (κ1) is 22.1. The van der Waals surface area contributed by atoms with Gasteiger partial charge in [0.15, 0.2) is 6.23 Å². The zero-order valence-electron chi connectivity index (χ0n) is 17.5. The normalized spacial score (nSPS) is 23.5. The SMILES string of the molecule is N#Cc1ccc(Oc2ccc(S(=O)(=O)N3CCC4CCCCC4C3OC(N)=O)cc2)cc1. The fraction of sp³-hybridized carbons (Fsp3) is 0.391. The highest BCUT2D eigenvalue weighted by Crippen LogP contribution is 2.42. The summed E-state index contributed by atoms with van der Waals surface area (Å²) < 4.78 is 39.2. The molecule has 2 aliphatic rings. The van der Waals surface area contributed by atoms with Crippen LogP contribution in [0.4, 0.5) is 4.79 Å². The molecule has 0 radical (unpaired) electrons. The number of rotatable bonds is 5. The second-order valence-electron chi connectivity index (χ2n) is 8.15. The second-order valence-corrected chi connectivity index (χ2v) is 10.0. The summed E-state index contributed by atoms with van der Waals surface area (Å²) in [7, 11) is -3.90. The van der Waals surface area contributed by atoms with Crippen molar-refractivity contribution in [3.8, 4) is 17.6 Å². The summed E-state index contributed by atoms with van der Waals surface area (Å²) in [5, 5.41) is 8.88. The van der Waals surface area contributed by atoms with Gasteiger partial charge in [0.05, 0.1) is 16.5 Å². The lowest BCUT2D eigenvalue weighted by atomic mass is 9.74. The number of nitriles is 1. The lowest BCUT2D eigenvalue weighted by molar-refractivity contribution is -0.0651. The van der Waals surface area contributed by atoms with Crippen molar-refractivity contribution in [3.05, 3.63) is 54.1 Å². The summed E-state index contributed by atoms with van der Waals surface area (Å²) in [6.07, 6.45) is 2.80. The van der Waals surface area contributed by atoms with Gasteiger partial charge in [-0.05, 0) is 73.7 Å². The van der Waals surface area contributed by atoms with E-state index < -0.39 is 22.3 Å². The zero-order chi connectivity index (χ0) is 22.7. The number of benzene rings is 2. The number of ether oxygens (including phenoxy) is 2. The maximum Gasteiger partial charge on any atom is 0.406 e. The van der Waals surface area contributed by atoms with Crippen LogP contribution >= 0.6 is 0 Å². The van der Waals surface area contributed by atoms with Gasteiger partial charge < -0.3 is 15.2 Å². The van der Waals surface area contributed by atoms with E-state index in [1.807, 2.05) is 6.07 Å². The first-order valence-electron chi connectivity index (χ1n) is 10.6. The average Bonchev–Trinajstić information content (AvgIpc) is 2.80. The Hall–Kier alpha value is -3.09. The maximum atomic E-state index is 13.4. The third kappa shape index (κ3) is 4.56. The molecule has 1 saturated heterocycles. The molecule has 8 nitrogen and oxygen atoms in total. The highest BCUT2D eigenvalue weighted by atomic mass is 32.2.